The molecule has 0 fully saturated rings. The molecule has 6 nitrogen and oxygen atoms in total. The van der Waals surface area contributed by atoms with Crippen LogP contribution in [0.2, 0.25) is 0 Å². The zero-order valence-corrected chi connectivity index (χ0v) is 13.0. The Hall–Kier alpha value is -3.35. The summed E-state index contributed by atoms with van der Waals surface area (Å²) in [4.78, 5) is 12.0. The van der Waals surface area contributed by atoms with Crippen LogP contribution in [0.5, 0.6) is 11.5 Å². The normalized spacial score (nSPS) is 12.2. The van der Waals surface area contributed by atoms with E-state index in [0.717, 1.165) is 5.56 Å². The molecule has 0 spiro atoms. The van der Waals surface area contributed by atoms with Crippen molar-refractivity contribution in [1.29, 1.82) is 0 Å². The van der Waals surface area contributed by atoms with Crippen molar-refractivity contribution in [2.75, 3.05) is 6.79 Å². The molecule has 2 aromatic carbocycles. The van der Waals surface area contributed by atoms with E-state index in [-0.39, 0.29) is 24.8 Å². The summed E-state index contributed by atoms with van der Waals surface area (Å²) in [6.45, 7) is 0.371. The summed E-state index contributed by atoms with van der Waals surface area (Å²) >= 11 is 0. The summed E-state index contributed by atoms with van der Waals surface area (Å²) in [7, 11) is 0. The van der Waals surface area contributed by atoms with Crippen molar-refractivity contribution in [3.05, 3.63) is 65.6 Å². The molecule has 2 heterocycles. The number of hydrogen-bond donors (Lipinski definition) is 1. The Morgan fingerprint density at radius 2 is 2.00 bits per heavy atom. The highest BCUT2D eigenvalue weighted by Crippen LogP contribution is 2.35. The molecule has 25 heavy (non-hydrogen) atoms. The number of carbonyl (C=O) groups excluding carboxylic acids is 1. The minimum absolute atomic E-state index is 0.170. The van der Waals surface area contributed by atoms with Crippen molar-refractivity contribution in [3.8, 4) is 22.8 Å². The number of amides is 1. The summed E-state index contributed by atoms with van der Waals surface area (Å²) in [5.41, 5.74) is 1.59. The third-order valence-corrected chi connectivity index (χ3v) is 3.73. The first-order valence-electron chi connectivity index (χ1n) is 7.58. The Morgan fingerprint density at radius 1 is 1.12 bits per heavy atom. The van der Waals surface area contributed by atoms with Gasteiger partial charge in [-0.3, -0.25) is 4.79 Å². The molecule has 4 rings (SSSR count). The molecule has 0 atom stereocenters. The van der Waals surface area contributed by atoms with Crippen LogP contribution in [-0.2, 0) is 6.54 Å². The lowest BCUT2D eigenvalue weighted by molar-refractivity contribution is 0.0949. The molecule has 126 valence electrons. The average Bonchev–Trinajstić information content (AvgIpc) is 3.28. The molecule has 0 unspecified atom stereocenters. The van der Waals surface area contributed by atoms with Gasteiger partial charge < -0.3 is 19.3 Å². The predicted octanol–water partition coefficient (Wildman–Crippen LogP) is 3.14. The number of fused-ring (bicyclic) bond motifs is 1. The molecule has 0 saturated heterocycles. The average molecular weight is 340 g/mol. The van der Waals surface area contributed by atoms with E-state index in [9.17, 15) is 9.18 Å². The third kappa shape index (κ3) is 3.16. The number of halogens is 1. The number of nitrogens with one attached hydrogen (secondary N) is 1. The second kappa shape index (κ2) is 6.27. The highest BCUT2D eigenvalue weighted by molar-refractivity contribution is 5.94. The molecule has 1 aliphatic rings. The molecule has 0 saturated carbocycles. The van der Waals surface area contributed by atoms with Gasteiger partial charge >= 0.3 is 0 Å². The molecular weight excluding hydrogens is 327 g/mol. The van der Waals surface area contributed by atoms with Gasteiger partial charge in [-0.25, -0.2) is 4.39 Å². The molecule has 7 heteroatoms. The van der Waals surface area contributed by atoms with Gasteiger partial charge in [0.1, 0.15) is 11.5 Å². The molecular formula is C18H13FN2O4. The largest absolute Gasteiger partial charge is 0.454 e. The van der Waals surface area contributed by atoms with Crippen LogP contribution in [-0.4, -0.2) is 17.9 Å². The topological polar surface area (TPSA) is 73.6 Å². The maximum atomic E-state index is 13.1. The van der Waals surface area contributed by atoms with E-state index in [1.807, 2.05) is 6.07 Å². The van der Waals surface area contributed by atoms with Crippen molar-refractivity contribution in [2.45, 2.75) is 6.54 Å². The first kappa shape index (κ1) is 15.2. The van der Waals surface area contributed by atoms with Crippen LogP contribution in [0.15, 0.2) is 53.1 Å². The first-order chi connectivity index (χ1) is 12.2. The second-order valence-corrected chi connectivity index (χ2v) is 5.44. The van der Waals surface area contributed by atoms with Crippen molar-refractivity contribution in [1.82, 2.24) is 10.5 Å². The standard InChI is InChI=1S/C18H13FN2O4/c19-13-3-1-2-12(6-13)18(22)20-9-14-8-16(25-21-14)11-4-5-15-17(7-11)24-10-23-15/h1-8H,9-10H2,(H,20,22). The first-order valence-corrected chi connectivity index (χ1v) is 7.58. The molecule has 1 amide bonds. The monoisotopic (exact) mass is 340 g/mol. The molecule has 1 aromatic heterocycles. The highest BCUT2D eigenvalue weighted by atomic mass is 19.1. The number of benzene rings is 2. The maximum absolute atomic E-state index is 13.1. The van der Waals surface area contributed by atoms with E-state index in [1.165, 1.54) is 18.2 Å². The van der Waals surface area contributed by atoms with Crippen LogP contribution >= 0.6 is 0 Å². The summed E-state index contributed by atoms with van der Waals surface area (Å²) in [5.74, 6) is 1.04. The number of carbonyl (C=O) groups is 1. The number of aromatic nitrogens is 1. The van der Waals surface area contributed by atoms with Crippen LogP contribution in [0.25, 0.3) is 11.3 Å². The van der Waals surface area contributed by atoms with Gasteiger partial charge in [-0.1, -0.05) is 11.2 Å². The lowest BCUT2D eigenvalue weighted by Gasteiger charge is -2.02. The van der Waals surface area contributed by atoms with E-state index < -0.39 is 5.82 Å². The van der Waals surface area contributed by atoms with E-state index in [4.69, 9.17) is 14.0 Å². The predicted molar refractivity (Wildman–Crippen MR) is 85.6 cm³/mol. The van der Waals surface area contributed by atoms with E-state index in [1.54, 1.807) is 24.3 Å². The van der Waals surface area contributed by atoms with Gasteiger partial charge in [0.15, 0.2) is 17.3 Å². The molecule has 1 aliphatic heterocycles. The Morgan fingerprint density at radius 3 is 2.88 bits per heavy atom. The van der Waals surface area contributed by atoms with Gasteiger partial charge in [0, 0.05) is 17.2 Å². The SMILES string of the molecule is O=C(NCc1cc(-c2ccc3c(c2)OCO3)on1)c1cccc(F)c1. The fraction of sp³-hybridized carbons (Fsp3) is 0.111. The van der Waals surface area contributed by atoms with E-state index in [2.05, 4.69) is 10.5 Å². The van der Waals surface area contributed by atoms with Crippen molar-refractivity contribution in [3.63, 3.8) is 0 Å². The van der Waals surface area contributed by atoms with Crippen LogP contribution < -0.4 is 14.8 Å². The number of nitrogens with zero attached hydrogens (tertiary/aromatic N) is 1. The van der Waals surface area contributed by atoms with Crippen LogP contribution in [0, 0.1) is 5.82 Å². The summed E-state index contributed by atoms with van der Waals surface area (Å²) in [6.07, 6.45) is 0. The highest BCUT2D eigenvalue weighted by Gasteiger charge is 2.16. The number of hydrogen-bond acceptors (Lipinski definition) is 5. The third-order valence-electron chi connectivity index (χ3n) is 3.73. The minimum Gasteiger partial charge on any atom is -0.454 e. The second-order valence-electron chi connectivity index (χ2n) is 5.44. The minimum atomic E-state index is -0.459. The summed E-state index contributed by atoms with van der Waals surface area (Å²) < 4.78 is 29.1. The Balaban J connectivity index is 1.44. The van der Waals surface area contributed by atoms with Crippen molar-refractivity contribution in [2.24, 2.45) is 0 Å². The summed E-state index contributed by atoms with van der Waals surface area (Å²) in [6, 6.07) is 12.6. The molecule has 0 bridgehead atoms. The maximum Gasteiger partial charge on any atom is 0.251 e. The smallest absolute Gasteiger partial charge is 0.251 e. The summed E-state index contributed by atoms with van der Waals surface area (Å²) in [5, 5.41) is 6.61. The van der Waals surface area contributed by atoms with Crippen molar-refractivity contribution >= 4 is 5.91 Å². The number of rotatable bonds is 4. The molecule has 3 aromatic rings. The lowest BCUT2D eigenvalue weighted by Crippen LogP contribution is -2.22. The number of ether oxygens (including phenoxy) is 2. The quantitative estimate of drug-likeness (QED) is 0.790. The van der Waals surface area contributed by atoms with Gasteiger partial charge in [-0.15, -0.1) is 0 Å². The van der Waals surface area contributed by atoms with E-state index in [0.29, 0.717) is 23.0 Å². The van der Waals surface area contributed by atoms with Gasteiger partial charge in [-0.2, -0.15) is 0 Å². The Bertz CT molecular complexity index is 938. The van der Waals surface area contributed by atoms with Gasteiger partial charge in [0.2, 0.25) is 6.79 Å². The molecule has 0 radical (unpaired) electrons. The molecule has 1 N–H and O–H groups in total. The van der Waals surface area contributed by atoms with E-state index >= 15 is 0 Å². The zero-order valence-electron chi connectivity index (χ0n) is 13.0. The fourth-order valence-electron chi connectivity index (χ4n) is 2.48. The zero-order chi connectivity index (χ0) is 17.2. The van der Waals surface area contributed by atoms with Gasteiger partial charge in [-0.05, 0) is 36.4 Å². The lowest BCUT2D eigenvalue weighted by atomic mass is 10.1. The Labute approximate surface area is 142 Å². The van der Waals surface area contributed by atoms with Gasteiger partial charge in [0.25, 0.3) is 5.91 Å². The van der Waals surface area contributed by atoms with Crippen molar-refractivity contribution < 1.29 is 23.2 Å². The molecule has 0 aliphatic carbocycles. The van der Waals surface area contributed by atoms with Gasteiger partial charge in [0.05, 0.1) is 6.54 Å². The fourth-order valence-corrected chi connectivity index (χ4v) is 2.48. The van der Waals surface area contributed by atoms with Crippen LogP contribution in [0.3, 0.4) is 0 Å². The van der Waals surface area contributed by atoms with Crippen LogP contribution in [0.1, 0.15) is 16.1 Å². The Kier molecular flexibility index (Phi) is 3.81. The van der Waals surface area contributed by atoms with Crippen LogP contribution in [0.4, 0.5) is 4.39 Å².